The Morgan fingerprint density at radius 3 is 2.94 bits per heavy atom. The Bertz CT molecular complexity index is 354. The van der Waals surface area contributed by atoms with Crippen LogP contribution in [0.1, 0.15) is 31.2 Å². The minimum absolute atomic E-state index is 0.186. The largest absolute Gasteiger partial charge is 0.497 e. The SMILES string of the molecule is COc1cccc(CN[C@@H]2CCCC[C@H]2O)c1. The number of rotatable bonds is 4. The van der Waals surface area contributed by atoms with Crippen LogP contribution in [0.15, 0.2) is 24.3 Å². The van der Waals surface area contributed by atoms with Crippen LogP contribution in [0.5, 0.6) is 5.75 Å². The number of aliphatic hydroxyl groups is 1. The van der Waals surface area contributed by atoms with E-state index in [9.17, 15) is 5.11 Å². The first-order valence-corrected chi connectivity index (χ1v) is 6.34. The molecule has 0 radical (unpaired) electrons. The van der Waals surface area contributed by atoms with Gasteiger partial charge < -0.3 is 15.2 Å². The molecule has 0 saturated heterocycles. The molecule has 1 fully saturated rings. The summed E-state index contributed by atoms with van der Waals surface area (Å²) in [4.78, 5) is 0. The van der Waals surface area contributed by atoms with Gasteiger partial charge in [-0.05, 0) is 30.5 Å². The highest BCUT2D eigenvalue weighted by atomic mass is 16.5. The summed E-state index contributed by atoms with van der Waals surface area (Å²) in [6.07, 6.45) is 4.18. The molecule has 0 aliphatic heterocycles. The van der Waals surface area contributed by atoms with Crippen LogP contribution >= 0.6 is 0 Å². The summed E-state index contributed by atoms with van der Waals surface area (Å²) in [6.45, 7) is 0.791. The van der Waals surface area contributed by atoms with Crippen molar-refractivity contribution >= 4 is 0 Å². The van der Waals surface area contributed by atoms with E-state index in [0.29, 0.717) is 0 Å². The van der Waals surface area contributed by atoms with Crippen LogP contribution in [0, 0.1) is 0 Å². The highest BCUT2D eigenvalue weighted by Gasteiger charge is 2.21. The Kier molecular flexibility index (Phi) is 4.40. The van der Waals surface area contributed by atoms with Gasteiger partial charge in [0.2, 0.25) is 0 Å². The Morgan fingerprint density at radius 2 is 2.18 bits per heavy atom. The molecule has 17 heavy (non-hydrogen) atoms. The summed E-state index contributed by atoms with van der Waals surface area (Å²) < 4.78 is 5.19. The molecule has 1 aromatic rings. The van der Waals surface area contributed by atoms with Crippen LogP contribution in [0.3, 0.4) is 0 Å². The number of ether oxygens (including phenoxy) is 1. The monoisotopic (exact) mass is 235 g/mol. The minimum atomic E-state index is -0.186. The van der Waals surface area contributed by atoms with E-state index in [-0.39, 0.29) is 12.1 Å². The lowest BCUT2D eigenvalue weighted by atomic mass is 9.92. The van der Waals surface area contributed by atoms with Gasteiger partial charge in [-0.25, -0.2) is 0 Å². The molecule has 0 heterocycles. The molecule has 2 atom stereocenters. The first-order valence-electron chi connectivity index (χ1n) is 6.34. The molecule has 1 aliphatic rings. The van der Waals surface area contributed by atoms with Crippen molar-refractivity contribution in [2.24, 2.45) is 0 Å². The fourth-order valence-corrected chi connectivity index (χ4v) is 2.38. The van der Waals surface area contributed by atoms with E-state index in [1.54, 1.807) is 7.11 Å². The summed E-state index contributed by atoms with van der Waals surface area (Å²) in [6, 6.07) is 8.29. The Balaban J connectivity index is 1.88. The highest BCUT2D eigenvalue weighted by molar-refractivity contribution is 5.28. The molecule has 3 heteroatoms. The third kappa shape index (κ3) is 3.45. The third-order valence-corrected chi connectivity index (χ3v) is 3.43. The summed E-state index contributed by atoms with van der Waals surface area (Å²) in [7, 11) is 1.68. The molecular weight excluding hydrogens is 214 g/mol. The molecule has 0 amide bonds. The maximum absolute atomic E-state index is 9.86. The van der Waals surface area contributed by atoms with Gasteiger partial charge in [0.15, 0.2) is 0 Å². The molecule has 1 aromatic carbocycles. The molecule has 1 saturated carbocycles. The van der Waals surface area contributed by atoms with Gasteiger partial charge in [0, 0.05) is 12.6 Å². The summed E-state index contributed by atoms with van der Waals surface area (Å²) in [5.41, 5.74) is 1.20. The van der Waals surface area contributed by atoms with Gasteiger partial charge in [-0.2, -0.15) is 0 Å². The molecule has 2 rings (SSSR count). The Hall–Kier alpha value is -1.06. The van der Waals surface area contributed by atoms with Crippen molar-refractivity contribution in [2.75, 3.05) is 7.11 Å². The Morgan fingerprint density at radius 1 is 1.35 bits per heavy atom. The van der Waals surface area contributed by atoms with Gasteiger partial charge in [-0.3, -0.25) is 0 Å². The number of methoxy groups -OCH3 is 1. The van der Waals surface area contributed by atoms with Gasteiger partial charge >= 0.3 is 0 Å². The average molecular weight is 235 g/mol. The van der Waals surface area contributed by atoms with Gasteiger partial charge in [0.05, 0.1) is 13.2 Å². The number of hydrogen-bond acceptors (Lipinski definition) is 3. The van der Waals surface area contributed by atoms with Gasteiger partial charge in [0.1, 0.15) is 5.75 Å². The molecule has 0 aromatic heterocycles. The van der Waals surface area contributed by atoms with Crippen LogP contribution in [-0.4, -0.2) is 24.4 Å². The van der Waals surface area contributed by atoms with E-state index in [1.165, 1.54) is 12.0 Å². The first kappa shape index (κ1) is 12.4. The maximum atomic E-state index is 9.86. The van der Waals surface area contributed by atoms with Crippen LogP contribution in [-0.2, 0) is 6.54 Å². The third-order valence-electron chi connectivity index (χ3n) is 3.43. The normalized spacial score (nSPS) is 24.6. The molecule has 0 unspecified atom stereocenters. The zero-order chi connectivity index (χ0) is 12.1. The smallest absolute Gasteiger partial charge is 0.119 e. The lowest BCUT2D eigenvalue weighted by Gasteiger charge is -2.28. The number of hydrogen-bond donors (Lipinski definition) is 2. The van der Waals surface area contributed by atoms with Crippen molar-refractivity contribution in [1.82, 2.24) is 5.32 Å². The van der Waals surface area contributed by atoms with E-state index < -0.39 is 0 Å². The van der Waals surface area contributed by atoms with Gasteiger partial charge in [-0.15, -0.1) is 0 Å². The molecule has 1 aliphatic carbocycles. The fourth-order valence-electron chi connectivity index (χ4n) is 2.38. The molecule has 94 valence electrons. The van der Waals surface area contributed by atoms with Crippen molar-refractivity contribution < 1.29 is 9.84 Å². The predicted octanol–water partition coefficient (Wildman–Crippen LogP) is 2.09. The van der Waals surface area contributed by atoms with E-state index in [4.69, 9.17) is 4.74 Å². The van der Waals surface area contributed by atoms with E-state index in [0.717, 1.165) is 31.6 Å². The molecular formula is C14H21NO2. The maximum Gasteiger partial charge on any atom is 0.119 e. The standard InChI is InChI=1S/C14H21NO2/c1-17-12-6-4-5-11(9-12)10-15-13-7-2-3-8-14(13)16/h4-6,9,13-16H,2-3,7-8,10H2,1H3/t13-,14-/m1/s1. The zero-order valence-corrected chi connectivity index (χ0v) is 10.4. The quantitative estimate of drug-likeness (QED) is 0.839. The molecule has 0 spiro atoms. The number of benzene rings is 1. The van der Waals surface area contributed by atoms with E-state index >= 15 is 0 Å². The zero-order valence-electron chi connectivity index (χ0n) is 10.4. The molecule has 2 N–H and O–H groups in total. The molecule has 3 nitrogen and oxygen atoms in total. The van der Waals surface area contributed by atoms with Crippen LogP contribution < -0.4 is 10.1 Å². The van der Waals surface area contributed by atoms with Gasteiger partial charge in [0.25, 0.3) is 0 Å². The lowest BCUT2D eigenvalue weighted by molar-refractivity contribution is 0.0902. The van der Waals surface area contributed by atoms with Crippen LogP contribution in [0.4, 0.5) is 0 Å². The predicted molar refractivity (Wildman–Crippen MR) is 68.1 cm³/mol. The summed E-state index contributed by atoms with van der Waals surface area (Å²) in [5, 5.41) is 13.3. The van der Waals surface area contributed by atoms with E-state index in [2.05, 4.69) is 11.4 Å². The average Bonchev–Trinajstić information content (AvgIpc) is 2.38. The van der Waals surface area contributed by atoms with Crippen LogP contribution in [0.2, 0.25) is 0 Å². The van der Waals surface area contributed by atoms with Gasteiger partial charge in [-0.1, -0.05) is 25.0 Å². The highest BCUT2D eigenvalue weighted by Crippen LogP contribution is 2.19. The van der Waals surface area contributed by atoms with Crippen molar-refractivity contribution in [2.45, 2.75) is 44.4 Å². The first-order chi connectivity index (χ1) is 8.29. The molecule has 0 bridgehead atoms. The summed E-state index contributed by atoms with van der Waals surface area (Å²) in [5.74, 6) is 0.883. The van der Waals surface area contributed by atoms with Crippen molar-refractivity contribution in [1.29, 1.82) is 0 Å². The van der Waals surface area contributed by atoms with Crippen LogP contribution in [0.25, 0.3) is 0 Å². The lowest BCUT2D eigenvalue weighted by Crippen LogP contribution is -2.41. The Labute approximate surface area is 103 Å². The number of nitrogens with one attached hydrogen (secondary N) is 1. The second-order valence-corrected chi connectivity index (χ2v) is 4.69. The second kappa shape index (κ2) is 6.03. The minimum Gasteiger partial charge on any atom is -0.497 e. The number of aliphatic hydroxyl groups excluding tert-OH is 1. The van der Waals surface area contributed by atoms with E-state index in [1.807, 2.05) is 18.2 Å². The second-order valence-electron chi connectivity index (χ2n) is 4.69. The topological polar surface area (TPSA) is 41.5 Å². The van der Waals surface area contributed by atoms with Crippen molar-refractivity contribution in [3.05, 3.63) is 29.8 Å². The fraction of sp³-hybridized carbons (Fsp3) is 0.571. The van der Waals surface area contributed by atoms with Crippen molar-refractivity contribution in [3.63, 3.8) is 0 Å². The van der Waals surface area contributed by atoms with Crippen molar-refractivity contribution in [3.8, 4) is 5.75 Å². The summed E-state index contributed by atoms with van der Waals surface area (Å²) >= 11 is 0.